The maximum atomic E-state index is 11.5. The van der Waals surface area contributed by atoms with Crippen molar-refractivity contribution < 1.29 is 9.00 Å². The molecule has 1 heterocycles. The van der Waals surface area contributed by atoms with E-state index in [4.69, 9.17) is 6.42 Å². The van der Waals surface area contributed by atoms with Crippen molar-refractivity contribution in [3.05, 3.63) is 11.1 Å². The second-order valence-electron chi connectivity index (χ2n) is 2.83. The van der Waals surface area contributed by atoms with E-state index < -0.39 is 10.8 Å². The second-order valence-corrected chi connectivity index (χ2v) is 5.78. The number of aromatic nitrogens is 1. The Hall–Kier alpha value is -1.19. The summed E-state index contributed by atoms with van der Waals surface area (Å²) < 4.78 is 11.9. The largest absolute Gasteiger partial charge is 0.350 e. The van der Waals surface area contributed by atoms with E-state index in [9.17, 15) is 9.00 Å². The van der Waals surface area contributed by atoms with Crippen molar-refractivity contribution >= 4 is 28.0 Å². The van der Waals surface area contributed by atoms with Crippen molar-refractivity contribution in [3.63, 3.8) is 0 Å². The monoisotopic (exact) mass is 256 g/mol. The molecule has 0 aliphatic rings. The van der Waals surface area contributed by atoms with Gasteiger partial charge in [0.1, 0.15) is 4.88 Å². The molecule has 6 heteroatoms. The van der Waals surface area contributed by atoms with Gasteiger partial charge < -0.3 is 5.32 Å². The average molecular weight is 256 g/mol. The van der Waals surface area contributed by atoms with Crippen molar-refractivity contribution in [2.75, 3.05) is 12.3 Å². The Kier molecular flexibility index (Phi) is 5.15. The van der Waals surface area contributed by atoms with Crippen LogP contribution in [0.4, 0.5) is 0 Å². The van der Waals surface area contributed by atoms with Gasteiger partial charge in [-0.1, -0.05) is 6.92 Å². The van der Waals surface area contributed by atoms with Gasteiger partial charge in [-0.2, -0.15) is 0 Å². The summed E-state index contributed by atoms with van der Waals surface area (Å²) in [5, 5.41) is 2.66. The third kappa shape index (κ3) is 3.43. The van der Waals surface area contributed by atoms with Crippen LogP contribution in [-0.2, 0) is 10.8 Å². The number of hydrogen-bond acceptors (Lipinski definition) is 4. The maximum Gasteiger partial charge on any atom is 0.263 e. The van der Waals surface area contributed by atoms with Crippen LogP contribution in [0.3, 0.4) is 0 Å². The number of nitrogens with zero attached hydrogens (tertiary/aromatic N) is 1. The molecule has 0 aliphatic carbocycles. The molecule has 1 aromatic rings. The molecular formula is C10H12N2O2S2. The van der Waals surface area contributed by atoms with Crippen molar-refractivity contribution in [1.29, 1.82) is 0 Å². The van der Waals surface area contributed by atoms with Crippen LogP contribution in [0.25, 0.3) is 0 Å². The van der Waals surface area contributed by atoms with E-state index >= 15 is 0 Å². The second kappa shape index (κ2) is 6.40. The van der Waals surface area contributed by atoms with Gasteiger partial charge in [0.05, 0.1) is 17.0 Å². The third-order valence-corrected chi connectivity index (χ3v) is 4.34. The zero-order chi connectivity index (χ0) is 12.0. The van der Waals surface area contributed by atoms with Gasteiger partial charge in [0.25, 0.3) is 5.91 Å². The molecule has 0 bridgehead atoms. The number of nitrogens with one attached hydrogen (secondary N) is 1. The number of thiazole rings is 1. The molecule has 0 aliphatic heterocycles. The van der Waals surface area contributed by atoms with Gasteiger partial charge in [0.15, 0.2) is 4.34 Å². The van der Waals surface area contributed by atoms with Crippen molar-refractivity contribution in [2.45, 2.75) is 17.7 Å². The molecule has 0 fully saturated rings. The van der Waals surface area contributed by atoms with Gasteiger partial charge in [0.2, 0.25) is 0 Å². The van der Waals surface area contributed by atoms with E-state index in [0.717, 1.165) is 11.3 Å². The molecule has 0 saturated heterocycles. The Morgan fingerprint density at radius 3 is 3.12 bits per heavy atom. The Bertz CT molecular complexity index is 434. The predicted molar refractivity (Wildman–Crippen MR) is 64.8 cm³/mol. The van der Waals surface area contributed by atoms with Crippen LogP contribution in [-0.4, -0.2) is 27.4 Å². The maximum absolute atomic E-state index is 11.5. The third-order valence-electron chi connectivity index (χ3n) is 1.72. The fraction of sp³-hybridized carbons (Fsp3) is 0.400. The van der Waals surface area contributed by atoms with Crippen LogP contribution >= 0.6 is 11.3 Å². The molecule has 0 saturated carbocycles. The highest BCUT2D eigenvalue weighted by atomic mass is 32.2. The van der Waals surface area contributed by atoms with Crippen molar-refractivity contribution in [2.24, 2.45) is 0 Å². The predicted octanol–water partition coefficient (Wildman–Crippen LogP) is 1.02. The molecule has 1 N–H and O–H groups in total. The molecule has 86 valence electrons. The number of carbonyl (C=O) groups is 1. The number of terminal acetylenes is 1. The Morgan fingerprint density at radius 1 is 1.75 bits per heavy atom. The molecule has 0 spiro atoms. The van der Waals surface area contributed by atoms with Crippen LogP contribution in [0.15, 0.2) is 10.5 Å². The summed E-state index contributed by atoms with van der Waals surface area (Å²) in [5.74, 6) is 2.72. The lowest BCUT2D eigenvalue weighted by Gasteiger charge is -1.98. The van der Waals surface area contributed by atoms with Crippen LogP contribution in [0, 0.1) is 12.3 Å². The smallest absolute Gasteiger partial charge is 0.263 e. The molecular weight excluding hydrogens is 244 g/mol. The van der Waals surface area contributed by atoms with Crippen LogP contribution in [0.5, 0.6) is 0 Å². The van der Waals surface area contributed by atoms with Gasteiger partial charge in [-0.15, -0.1) is 23.7 Å². The minimum absolute atomic E-state index is 0.216. The quantitative estimate of drug-likeness (QED) is 0.632. The van der Waals surface area contributed by atoms with Gasteiger partial charge in [0, 0.05) is 18.7 Å². The highest BCUT2D eigenvalue weighted by Gasteiger charge is 2.12. The zero-order valence-corrected chi connectivity index (χ0v) is 10.5. The zero-order valence-electron chi connectivity index (χ0n) is 8.86. The van der Waals surface area contributed by atoms with E-state index in [2.05, 4.69) is 16.2 Å². The standard InChI is InChI=1S/C10H12N2O2S2/c1-3-5-6-11-9(13)8-7-12-10(15-8)16(14)4-2/h1,7H,4-6H2,2H3,(H,11,13). The first kappa shape index (κ1) is 12.9. The summed E-state index contributed by atoms with van der Waals surface area (Å²) in [6, 6.07) is 0. The molecule has 1 rings (SSSR count). The lowest BCUT2D eigenvalue weighted by Crippen LogP contribution is -2.23. The van der Waals surface area contributed by atoms with E-state index in [0.29, 0.717) is 27.9 Å². The topological polar surface area (TPSA) is 59.1 Å². The summed E-state index contributed by atoms with van der Waals surface area (Å²) in [6.07, 6.45) is 7.01. The summed E-state index contributed by atoms with van der Waals surface area (Å²) in [4.78, 5) is 16.0. The highest BCUT2D eigenvalue weighted by molar-refractivity contribution is 7.87. The number of rotatable bonds is 5. The SMILES string of the molecule is C#CCCNC(=O)c1cnc(S(=O)CC)s1. The fourth-order valence-corrected chi connectivity index (χ4v) is 2.90. The average Bonchev–Trinajstić information content (AvgIpc) is 2.77. The van der Waals surface area contributed by atoms with E-state index in [1.807, 2.05) is 6.92 Å². The van der Waals surface area contributed by atoms with Gasteiger partial charge >= 0.3 is 0 Å². The first-order valence-electron chi connectivity index (χ1n) is 4.75. The van der Waals surface area contributed by atoms with Crippen molar-refractivity contribution in [1.82, 2.24) is 10.3 Å². The molecule has 0 aromatic carbocycles. The summed E-state index contributed by atoms with van der Waals surface area (Å²) in [7, 11) is -1.10. The Labute approximate surface area is 101 Å². The van der Waals surface area contributed by atoms with E-state index in [-0.39, 0.29) is 5.91 Å². The normalized spacial score (nSPS) is 11.8. The van der Waals surface area contributed by atoms with Gasteiger partial charge in [-0.3, -0.25) is 9.00 Å². The Balaban J connectivity index is 2.60. The molecule has 4 nitrogen and oxygen atoms in total. The van der Waals surface area contributed by atoms with E-state index in [1.54, 1.807) is 0 Å². The summed E-state index contributed by atoms with van der Waals surface area (Å²) in [5.41, 5.74) is 0. The molecule has 1 unspecified atom stereocenters. The first-order valence-corrected chi connectivity index (χ1v) is 6.88. The van der Waals surface area contributed by atoms with Crippen molar-refractivity contribution in [3.8, 4) is 12.3 Å². The first-order chi connectivity index (χ1) is 7.69. The summed E-state index contributed by atoms with van der Waals surface area (Å²) in [6.45, 7) is 2.25. The van der Waals surface area contributed by atoms with Gasteiger partial charge in [-0.25, -0.2) is 4.98 Å². The van der Waals surface area contributed by atoms with Crippen LogP contribution < -0.4 is 5.32 Å². The minimum Gasteiger partial charge on any atom is -0.350 e. The van der Waals surface area contributed by atoms with Crippen LogP contribution in [0.1, 0.15) is 23.0 Å². The lowest BCUT2D eigenvalue weighted by molar-refractivity contribution is 0.0958. The number of carbonyl (C=O) groups excluding carboxylic acids is 1. The summed E-state index contributed by atoms with van der Waals surface area (Å²) >= 11 is 1.16. The molecule has 1 atom stereocenters. The molecule has 16 heavy (non-hydrogen) atoms. The van der Waals surface area contributed by atoms with Crippen LogP contribution in [0.2, 0.25) is 0 Å². The Morgan fingerprint density at radius 2 is 2.50 bits per heavy atom. The van der Waals surface area contributed by atoms with Gasteiger partial charge in [-0.05, 0) is 0 Å². The highest BCUT2D eigenvalue weighted by Crippen LogP contribution is 2.16. The fourth-order valence-electron chi connectivity index (χ4n) is 0.927. The van der Waals surface area contributed by atoms with E-state index in [1.165, 1.54) is 6.20 Å². The lowest BCUT2D eigenvalue weighted by atomic mass is 10.4. The molecule has 0 radical (unpaired) electrons. The minimum atomic E-state index is -1.10. The molecule has 1 aromatic heterocycles. The number of amides is 1. The molecule has 1 amide bonds. The number of hydrogen-bond donors (Lipinski definition) is 1.